The molecule has 0 spiro atoms. The van der Waals surface area contributed by atoms with Crippen molar-refractivity contribution in [2.75, 3.05) is 14.2 Å². The van der Waals surface area contributed by atoms with Crippen molar-refractivity contribution in [3.05, 3.63) is 105 Å². The molecule has 0 unspecified atom stereocenters. The second-order valence-electron chi connectivity index (χ2n) is 10.4. The molecule has 12 heteroatoms. The minimum atomic E-state index is -3.71. The van der Waals surface area contributed by atoms with Crippen molar-refractivity contribution in [1.29, 1.82) is 0 Å². The van der Waals surface area contributed by atoms with E-state index >= 15 is 0 Å². The summed E-state index contributed by atoms with van der Waals surface area (Å²) in [4.78, 5) is 23.7. The summed E-state index contributed by atoms with van der Waals surface area (Å²) < 4.78 is 73.2. The van der Waals surface area contributed by atoms with Gasteiger partial charge in [-0.15, -0.1) is 0 Å². The largest absolute Gasteiger partial charge is 0.465 e. The molecular weight excluding hydrogens is 631 g/mol. The second-order valence-corrected chi connectivity index (χ2v) is 14.7. The van der Waals surface area contributed by atoms with Crippen LogP contribution in [0.25, 0.3) is 22.3 Å². The number of aryl methyl sites for hydroxylation is 2. The van der Waals surface area contributed by atoms with Crippen LogP contribution in [0.1, 0.15) is 43.0 Å². The number of rotatable bonds is 2. The number of carbonyl (C=O) groups is 2. The highest BCUT2D eigenvalue weighted by Crippen LogP contribution is 2.41. The first-order valence-corrected chi connectivity index (χ1v) is 16.8. The molecule has 4 aromatic rings. The normalized spacial score (nSPS) is 14.9. The molecule has 44 heavy (non-hydrogen) atoms. The van der Waals surface area contributed by atoms with Crippen molar-refractivity contribution in [2.45, 2.75) is 35.1 Å². The highest BCUT2D eigenvalue weighted by molar-refractivity contribution is 7.91. The van der Waals surface area contributed by atoms with E-state index < -0.39 is 43.2 Å². The van der Waals surface area contributed by atoms with Crippen LogP contribution in [0.3, 0.4) is 0 Å². The summed E-state index contributed by atoms with van der Waals surface area (Å²) in [6.45, 7) is 3.44. The minimum absolute atomic E-state index is 0.0385. The smallest absolute Gasteiger partial charge is 0.338 e. The number of ether oxygens (including phenoxy) is 2. The number of esters is 2. The average molecular weight is 657 g/mol. The van der Waals surface area contributed by atoms with Gasteiger partial charge in [-0.3, -0.25) is 0 Å². The molecular formula is C32H26ClFO8S2. The minimum Gasteiger partial charge on any atom is -0.465 e. The van der Waals surface area contributed by atoms with E-state index in [1.54, 1.807) is 56.3 Å². The molecule has 0 saturated heterocycles. The highest BCUT2D eigenvalue weighted by atomic mass is 35.5. The third-order valence-electron chi connectivity index (χ3n) is 7.58. The number of hydrogen-bond acceptors (Lipinski definition) is 8. The van der Waals surface area contributed by atoms with Gasteiger partial charge in [-0.25, -0.2) is 30.8 Å². The Hall–Kier alpha value is -4.06. The zero-order chi connectivity index (χ0) is 32.1. The Labute approximate surface area is 259 Å². The van der Waals surface area contributed by atoms with Crippen molar-refractivity contribution in [3.8, 4) is 22.3 Å². The summed E-state index contributed by atoms with van der Waals surface area (Å²) in [7, 11) is -4.70. The summed E-state index contributed by atoms with van der Waals surface area (Å²) in [5.74, 6) is -2.20. The topological polar surface area (TPSA) is 121 Å². The first-order valence-electron chi connectivity index (χ1n) is 13.2. The van der Waals surface area contributed by atoms with Crippen molar-refractivity contribution >= 4 is 43.2 Å². The molecule has 6 rings (SSSR count). The van der Waals surface area contributed by atoms with Crippen LogP contribution in [0.5, 0.6) is 0 Å². The third-order valence-corrected chi connectivity index (χ3v) is 11.2. The van der Waals surface area contributed by atoms with Gasteiger partial charge < -0.3 is 9.47 Å². The predicted octanol–water partition coefficient (Wildman–Crippen LogP) is 6.26. The molecule has 4 aromatic carbocycles. The van der Waals surface area contributed by atoms with Crippen LogP contribution in [0, 0.1) is 19.7 Å². The van der Waals surface area contributed by atoms with E-state index in [1.165, 1.54) is 32.4 Å². The average Bonchev–Trinajstić information content (AvgIpc) is 2.97. The van der Waals surface area contributed by atoms with Crippen molar-refractivity contribution in [1.82, 2.24) is 0 Å². The van der Waals surface area contributed by atoms with Gasteiger partial charge in [-0.05, 0) is 84.1 Å². The molecule has 228 valence electrons. The summed E-state index contributed by atoms with van der Waals surface area (Å²) in [6.07, 6.45) is 0. The Balaban J connectivity index is 0.000000175. The number of carbonyl (C=O) groups excluding carboxylic acids is 2. The fourth-order valence-electron chi connectivity index (χ4n) is 5.40. The molecule has 2 aliphatic heterocycles. The molecule has 0 aliphatic carbocycles. The van der Waals surface area contributed by atoms with Crippen LogP contribution >= 0.6 is 11.6 Å². The zero-order valence-corrected chi connectivity index (χ0v) is 26.4. The van der Waals surface area contributed by atoms with Crippen molar-refractivity contribution < 1.29 is 40.3 Å². The fraction of sp³-hybridized carbons (Fsp3) is 0.188. The molecule has 0 aromatic heterocycles. The van der Waals surface area contributed by atoms with Crippen molar-refractivity contribution in [3.63, 3.8) is 0 Å². The quantitative estimate of drug-likeness (QED) is 0.232. The molecule has 0 bridgehead atoms. The van der Waals surface area contributed by atoms with Crippen molar-refractivity contribution in [2.24, 2.45) is 0 Å². The van der Waals surface area contributed by atoms with Gasteiger partial charge in [0, 0.05) is 21.7 Å². The highest BCUT2D eigenvalue weighted by Gasteiger charge is 2.32. The lowest BCUT2D eigenvalue weighted by atomic mass is 9.96. The SMILES string of the molecule is COC(=O)c1cc2c(cc1C)-c1cc(Cl)ccc1CS2(=O)=O.COC(=O)c1cc2c(cc1C)-c1cccc(F)c1CS2(=O)=O. The van der Waals surface area contributed by atoms with E-state index in [2.05, 4.69) is 4.74 Å². The zero-order valence-electron chi connectivity index (χ0n) is 24.0. The van der Waals surface area contributed by atoms with Crippen LogP contribution < -0.4 is 0 Å². The Morgan fingerprint density at radius 1 is 0.705 bits per heavy atom. The number of fused-ring (bicyclic) bond motifs is 6. The fourth-order valence-corrected chi connectivity index (χ4v) is 8.83. The summed E-state index contributed by atoms with van der Waals surface area (Å²) in [5, 5.41) is 0.540. The van der Waals surface area contributed by atoms with E-state index in [1.807, 2.05) is 0 Å². The molecule has 2 aliphatic rings. The maximum atomic E-state index is 13.9. The predicted molar refractivity (Wildman–Crippen MR) is 163 cm³/mol. The van der Waals surface area contributed by atoms with Crippen LogP contribution in [-0.2, 0) is 40.7 Å². The molecule has 0 saturated carbocycles. The van der Waals surface area contributed by atoms with Crippen LogP contribution in [0.2, 0.25) is 5.02 Å². The van der Waals surface area contributed by atoms with E-state index in [9.17, 15) is 30.8 Å². The van der Waals surface area contributed by atoms with E-state index in [4.69, 9.17) is 16.3 Å². The van der Waals surface area contributed by atoms with Gasteiger partial charge in [-0.2, -0.15) is 0 Å². The molecule has 0 fully saturated rings. The monoisotopic (exact) mass is 656 g/mol. The lowest BCUT2D eigenvalue weighted by Crippen LogP contribution is -2.16. The van der Waals surface area contributed by atoms with E-state index in [0.717, 1.165) is 5.56 Å². The van der Waals surface area contributed by atoms with Gasteiger partial charge in [0.05, 0.1) is 46.6 Å². The maximum absolute atomic E-state index is 13.9. The molecule has 2 heterocycles. The molecule has 0 N–H and O–H groups in total. The lowest BCUT2D eigenvalue weighted by molar-refractivity contribution is 0.0590. The maximum Gasteiger partial charge on any atom is 0.338 e. The first kappa shape index (κ1) is 31.4. The standard InChI is InChI=1S/C16H13ClO4S.C16H13FO4S/c1-9-5-14-13-6-11(17)4-3-10(13)8-22(19,20)15(14)7-12(9)16(18)21-2;1-9-6-12-10-4-3-5-14(17)13(10)8-22(19,20)15(12)7-11(9)16(18)21-2/h2*3-7H,8H2,1-2H3. The summed E-state index contributed by atoms with van der Waals surface area (Å²) in [5.41, 5.74) is 4.91. The number of sulfone groups is 2. The Bertz CT molecular complexity index is 2040. The van der Waals surface area contributed by atoms with Crippen LogP contribution in [0.15, 0.2) is 70.5 Å². The van der Waals surface area contributed by atoms with Crippen LogP contribution in [0.4, 0.5) is 4.39 Å². The lowest BCUT2D eigenvalue weighted by Gasteiger charge is -2.22. The number of methoxy groups -OCH3 is 2. The summed E-state index contributed by atoms with van der Waals surface area (Å²) in [6, 6.07) is 15.6. The Morgan fingerprint density at radius 2 is 1.23 bits per heavy atom. The summed E-state index contributed by atoms with van der Waals surface area (Å²) >= 11 is 6.03. The second kappa shape index (κ2) is 11.5. The number of hydrogen-bond donors (Lipinski definition) is 0. The van der Waals surface area contributed by atoms with Gasteiger partial charge >= 0.3 is 11.9 Å². The van der Waals surface area contributed by atoms with E-state index in [0.29, 0.717) is 38.4 Å². The van der Waals surface area contributed by atoms with Gasteiger partial charge in [0.15, 0.2) is 19.7 Å². The number of halogens is 2. The van der Waals surface area contributed by atoms with Gasteiger partial charge in [0.1, 0.15) is 5.82 Å². The first-order chi connectivity index (χ1) is 20.7. The molecule has 8 nitrogen and oxygen atoms in total. The molecule has 0 amide bonds. The van der Waals surface area contributed by atoms with E-state index in [-0.39, 0.29) is 32.2 Å². The molecule has 0 atom stereocenters. The van der Waals surface area contributed by atoms with Gasteiger partial charge in [-0.1, -0.05) is 29.8 Å². The third kappa shape index (κ3) is 5.51. The number of benzene rings is 4. The Morgan fingerprint density at radius 3 is 1.77 bits per heavy atom. The van der Waals surface area contributed by atoms with Crippen LogP contribution in [-0.4, -0.2) is 43.0 Å². The van der Waals surface area contributed by atoms with Gasteiger partial charge in [0.25, 0.3) is 0 Å². The van der Waals surface area contributed by atoms with Gasteiger partial charge in [0.2, 0.25) is 0 Å². The molecule has 0 radical (unpaired) electrons. The Kier molecular flexibility index (Phi) is 8.17.